The summed E-state index contributed by atoms with van der Waals surface area (Å²) in [7, 11) is 0. The molecule has 2 aliphatic carbocycles. The maximum absolute atomic E-state index is 2.67. The van der Waals surface area contributed by atoms with E-state index in [0.717, 1.165) is 54.1 Å². The van der Waals surface area contributed by atoms with Crippen LogP contribution in [0.25, 0.3) is 0 Å². The van der Waals surface area contributed by atoms with Crippen LogP contribution < -0.4 is 0 Å². The van der Waals surface area contributed by atoms with Crippen LogP contribution in [0.2, 0.25) is 19.0 Å². The number of rotatable bonds is 11. The Morgan fingerprint density at radius 1 is 0.862 bits per heavy atom. The maximum Gasteiger partial charge on any atom is 0.138 e. The fourth-order valence-electron chi connectivity index (χ4n) is 7.52. The first-order chi connectivity index (χ1) is 14.1. The summed E-state index contributed by atoms with van der Waals surface area (Å²) in [5, 5.41) is 0. The minimum Gasteiger partial charge on any atom is -0.0806 e. The molecule has 0 bridgehead atoms. The lowest BCUT2D eigenvalue weighted by atomic mass is 9.53. The highest BCUT2D eigenvalue weighted by Crippen LogP contribution is 2.48. The first kappa shape index (κ1) is 23.7. The maximum atomic E-state index is 2.67. The Balaban J connectivity index is 1.68. The highest BCUT2D eigenvalue weighted by atomic mass is 14.4. The van der Waals surface area contributed by atoms with E-state index < -0.39 is 0 Å². The van der Waals surface area contributed by atoms with Crippen LogP contribution in [0, 0.1) is 47.3 Å². The van der Waals surface area contributed by atoms with Crippen molar-refractivity contribution in [3.05, 3.63) is 0 Å². The van der Waals surface area contributed by atoms with E-state index in [1.807, 2.05) is 0 Å². The molecule has 0 aromatic rings. The summed E-state index contributed by atoms with van der Waals surface area (Å²) in [6, 6.07) is 0. The zero-order valence-corrected chi connectivity index (χ0v) is 20.8. The van der Waals surface area contributed by atoms with E-state index >= 15 is 0 Å². The van der Waals surface area contributed by atoms with Gasteiger partial charge in [-0.1, -0.05) is 111 Å². The van der Waals surface area contributed by atoms with Gasteiger partial charge in [0, 0.05) is 0 Å². The predicted octanol–water partition coefficient (Wildman–Crippen LogP) is 9.23. The van der Waals surface area contributed by atoms with Crippen LogP contribution in [-0.4, -0.2) is 6.71 Å². The van der Waals surface area contributed by atoms with Crippen molar-refractivity contribution < 1.29 is 0 Å². The number of hydrogen-bond donors (Lipinski definition) is 0. The average Bonchev–Trinajstić information content (AvgIpc) is 3.48. The van der Waals surface area contributed by atoms with Gasteiger partial charge in [-0.15, -0.1) is 0 Å². The molecule has 29 heavy (non-hydrogen) atoms. The molecule has 7 unspecified atom stereocenters. The van der Waals surface area contributed by atoms with Gasteiger partial charge in [0.2, 0.25) is 0 Å². The summed E-state index contributed by atoms with van der Waals surface area (Å²) in [6.07, 6.45) is 22.6. The molecule has 0 aromatic heterocycles. The topological polar surface area (TPSA) is 0 Å². The first-order valence-corrected chi connectivity index (χ1v) is 14.1. The molecule has 1 heterocycles. The molecular weight excluding hydrogens is 347 g/mol. The van der Waals surface area contributed by atoms with Crippen LogP contribution >= 0.6 is 0 Å². The Morgan fingerprint density at radius 2 is 1.59 bits per heavy atom. The van der Waals surface area contributed by atoms with Crippen molar-refractivity contribution in [2.75, 3.05) is 0 Å². The monoisotopic (exact) mass is 400 g/mol. The van der Waals surface area contributed by atoms with Gasteiger partial charge in [0.05, 0.1) is 0 Å². The lowest BCUT2D eigenvalue weighted by Gasteiger charge is -2.43. The van der Waals surface area contributed by atoms with Crippen LogP contribution in [0.3, 0.4) is 0 Å². The molecule has 1 heteroatoms. The lowest BCUT2D eigenvalue weighted by molar-refractivity contribution is 0.0857. The van der Waals surface area contributed by atoms with Crippen LogP contribution in [0.15, 0.2) is 0 Å². The largest absolute Gasteiger partial charge is 0.138 e. The first-order valence-electron chi connectivity index (χ1n) is 14.1. The molecule has 3 fully saturated rings. The summed E-state index contributed by atoms with van der Waals surface area (Å²) in [4.78, 5) is 0. The molecule has 1 saturated heterocycles. The highest BCUT2D eigenvalue weighted by Gasteiger charge is 2.40. The van der Waals surface area contributed by atoms with Gasteiger partial charge in [-0.3, -0.25) is 0 Å². The van der Waals surface area contributed by atoms with Crippen molar-refractivity contribution in [1.29, 1.82) is 0 Å². The van der Waals surface area contributed by atoms with Gasteiger partial charge in [-0.2, -0.15) is 0 Å². The van der Waals surface area contributed by atoms with E-state index in [1.54, 1.807) is 31.8 Å². The van der Waals surface area contributed by atoms with E-state index in [0.29, 0.717) is 0 Å². The summed E-state index contributed by atoms with van der Waals surface area (Å²) >= 11 is 0. The van der Waals surface area contributed by atoms with E-state index in [-0.39, 0.29) is 0 Å². The Bertz CT molecular complexity index is 451. The van der Waals surface area contributed by atoms with Crippen molar-refractivity contribution in [2.45, 2.75) is 131 Å². The second kappa shape index (κ2) is 11.6. The molecule has 2 saturated carbocycles. The molecule has 1 aliphatic heterocycles. The molecule has 3 rings (SSSR count). The molecule has 0 amide bonds. The van der Waals surface area contributed by atoms with Gasteiger partial charge in [0.25, 0.3) is 0 Å². The van der Waals surface area contributed by atoms with Crippen LogP contribution in [0.5, 0.6) is 0 Å². The van der Waals surface area contributed by atoms with Gasteiger partial charge in [-0.05, 0) is 66.6 Å². The number of hydrogen-bond acceptors (Lipinski definition) is 0. The molecule has 0 spiro atoms. The van der Waals surface area contributed by atoms with E-state index in [1.165, 1.54) is 64.2 Å². The zero-order chi connectivity index (χ0) is 20.8. The van der Waals surface area contributed by atoms with Gasteiger partial charge in [-0.25, -0.2) is 0 Å². The fraction of sp³-hybridized carbons (Fsp3) is 1.00. The van der Waals surface area contributed by atoms with Crippen molar-refractivity contribution in [1.82, 2.24) is 0 Å². The predicted molar refractivity (Wildman–Crippen MR) is 132 cm³/mol. The Labute approximate surface area is 184 Å². The van der Waals surface area contributed by atoms with Gasteiger partial charge in [0.1, 0.15) is 6.71 Å². The second-order valence-corrected chi connectivity index (χ2v) is 11.9. The van der Waals surface area contributed by atoms with Gasteiger partial charge in [0.15, 0.2) is 0 Å². The molecular formula is C28H53B. The highest BCUT2D eigenvalue weighted by molar-refractivity contribution is 6.69. The normalized spacial score (nSPS) is 34.0. The third-order valence-electron chi connectivity index (χ3n) is 10.2. The van der Waals surface area contributed by atoms with Crippen molar-refractivity contribution in [3.8, 4) is 0 Å². The van der Waals surface area contributed by atoms with Crippen molar-refractivity contribution in [2.24, 2.45) is 47.3 Å². The van der Waals surface area contributed by atoms with Crippen LogP contribution in [0.4, 0.5) is 0 Å². The Morgan fingerprint density at radius 3 is 2.14 bits per heavy atom. The summed E-state index contributed by atoms with van der Waals surface area (Å²) < 4.78 is 0. The van der Waals surface area contributed by atoms with E-state index in [4.69, 9.17) is 0 Å². The minimum absolute atomic E-state index is 0.967. The van der Waals surface area contributed by atoms with Gasteiger partial charge < -0.3 is 0 Å². The average molecular weight is 401 g/mol. The molecule has 3 aliphatic rings. The summed E-state index contributed by atoms with van der Waals surface area (Å²) in [6.45, 7) is 13.8. The van der Waals surface area contributed by atoms with E-state index in [9.17, 15) is 0 Å². The smallest absolute Gasteiger partial charge is 0.0806 e. The third kappa shape index (κ3) is 6.52. The Kier molecular flexibility index (Phi) is 9.50. The molecule has 7 atom stereocenters. The quantitative estimate of drug-likeness (QED) is 0.303. The third-order valence-corrected chi connectivity index (χ3v) is 10.2. The minimum atomic E-state index is 0.967. The van der Waals surface area contributed by atoms with Crippen molar-refractivity contribution >= 4 is 6.71 Å². The molecule has 168 valence electrons. The lowest BCUT2D eigenvalue weighted by Crippen LogP contribution is -2.35. The second-order valence-electron chi connectivity index (χ2n) is 11.9. The SMILES string of the molecule is CCC(CC(C)C1CCC1)CC(CC)C1CCCCC(CC)C(C)C1CB1CC1. The molecule has 0 nitrogen and oxygen atoms in total. The van der Waals surface area contributed by atoms with Gasteiger partial charge >= 0.3 is 0 Å². The standard InChI is InChI=1S/C28H53B/c1-6-23(18-21(4)26-13-11-14-26)19-25(8-3)27-15-10-9-12-24(7-2)22(5)28(27)20-29-16-17-29/h21-28H,6-20H2,1-5H3. The fourth-order valence-corrected chi connectivity index (χ4v) is 7.52. The zero-order valence-electron chi connectivity index (χ0n) is 20.8. The van der Waals surface area contributed by atoms with Crippen LogP contribution in [-0.2, 0) is 0 Å². The van der Waals surface area contributed by atoms with E-state index in [2.05, 4.69) is 34.6 Å². The van der Waals surface area contributed by atoms with Crippen molar-refractivity contribution in [3.63, 3.8) is 0 Å². The molecule has 0 radical (unpaired) electrons. The summed E-state index contributed by atoms with van der Waals surface area (Å²) in [5.74, 6) is 8.05. The van der Waals surface area contributed by atoms with Crippen LogP contribution in [0.1, 0.15) is 112 Å². The Hall–Kier alpha value is 0.0649. The molecule has 0 aromatic carbocycles. The summed E-state index contributed by atoms with van der Waals surface area (Å²) in [5.41, 5.74) is 0. The molecule has 0 N–H and O–H groups in total.